The average molecular weight is 337 g/mol. The van der Waals surface area contributed by atoms with Crippen LogP contribution in [0.15, 0.2) is 22.7 Å². The van der Waals surface area contributed by atoms with Crippen molar-refractivity contribution in [3.05, 3.63) is 28.2 Å². The van der Waals surface area contributed by atoms with E-state index in [9.17, 15) is 5.26 Å². The summed E-state index contributed by atoms with van der Waals surface area (Å²) in [7, 11) is 1.68. The molecule has 4 heteroatoms. The number of ether oxygens (including phenoxy) is 1. The number of nitriles is 1. The van der Waals surface area contributed by atoms with Gasteiger partial charge in [-0.2, -0.15) is 5.26 Å². The molecule has 1 saturated heterocycles. The summed E-state index contributed by atoms with van der Waals surface area (Å²) >= 11 is 3.47. The normalized spacial score (nSPS) is 23.6. The van der Waals surface area contributed by atoms with Gasteiger partial charge in [0, 0.05) is 29.0 Å². The van der Waals surface area contributed by atoms with Crippen LogP contribution in [0.4, 0.5) is 0 Å². The molecule has 0 spiro atoms. The van der Waals surface area contributed by atoms with Crippen molar-refractivity contribution in [3.8, 4) is 11.8 Å². The summed E-state index contributed by atoms with van der Waals surface area (Å²) in [6.45, 7) is 8.32. The molecule has 0 radical (unpaired) electrons. The molecule has 2 atom stereocenters. The summed E-state index contributed by atoms with van der Waals surface area (Å²) in [5.74, 6) is 1.09. The molecule has 2 rings (SSSR count). The molecule has 0 bridgehead atoms. The molecular weight excluding hydrogens is 316 g/mol. The molecule has 0 N–H and O–H groups in total. The van der Waals surface area contributed by atoms with Crippen molar-refractivity contribution in [2.24, 2.45) is 5.92 Å². The Labute approximate surface area is 129 Å². The van der Waals surface area contributed by atoms with Crippen LogP contribution < -0.4 is 4.74 Å². The number of hydrogen-bond donors (Lipinski definition) is 0. The smallest absolute Gasteiger partial charge is 0.123 e. The van der Waals surface area contributed by atoms with E-state index in [1.54, 1.807) is 7.11 Å². The molecule has 0 saturated carbocycles. The predicted octanol–water partition coefficient (Wildman–Crippen LogP) is 3.80. The summed E-state index contributed by atoms with van der Waals surface area (Å²) < 4.78 is 6.49. The van der Waals surface area contributed by atoms with E-state index in [-0.39, 0.29) is 17.4 Å². The van der Waals surface area contributed by atoms with Gasteiger partial charge in [-0.3, -0.25) is 4.90 Å². The third kappa shape index (κ3) is 2.99. The molecule has 108 valence electrons. The van der Waals surface area contributed by atoms with Gasteiger partial charge in [0.2, 0.25) is 0 Å². The van der Waals surface area contributed by atoms with Crippen molar-refractivity contribution in [1.29, 1.82) is 5.26 Å². The van der Waals surface area contributed by atoms with Gasteiger partial charge < -0.3 is 4.74 Å². The van der Waals surface area contributed by atoms with Crippen molar-refractivity contribution in [3.63, 3.8) is 0 Å². The highest BCUT2D eigenvalue weighted by Gasteiger charge is 2.39. The third-order valence-corrected chi connectivity index (χ3v) is 4.52. The number of halogens is 1. The van der Waals surface area contributed by atoms with Crippen molar-refractivity contribution in [2.45, 2.75) is 32.2 Å². The highest BCUT2D eigenvalue weighted by Crippen LogP contribution is 2.40. The maximum atomic E-state index is 9.47. The maximum absolute atomic E-state index is 9.47. The first-order valence-corrected chi connectivity index (χ1v) is 7.64. The van der Waals surface area contributed by atoms with E-state index in [2.05, 4.69) is 53.7 Å². The number of rotatable bonds is 2. The molecule has 1 aromatic rings. The second-order valence-corrected chi connectivity index (χ2v) is 7.22. The summed E-state index contributed by atoms with van der Waals surface area (Å²) in [4.78, 5) is 2.38. The summed E-state index contributed by atoms with van der Waals surface area (Å²) in [5, 5.41) is 9.47. The lowest BCUT2D eigenvalue weighted by Crippen LogP contribution is -2.39. The second kappa shape index (κ2) is 5.75. The topological polar surface area (TPSA) is 36.3 Å². The zero-order chi connectivity index (χ0) is 14.9. The fraction of sp³-hybridized carbons (Fsp3) is 0.562. The molecule has 0 amide bonds. The molecule has 20 heavy (non-hydrogen) atoms. The molecule has 1 aromatic carbocycles. The molecule has 1 heterocycles. The van der Waals surface area contributed by atoms with Crippen LogP contribution in [0.25, 0.3) is 0 Å². The second-order valence-electron chi connectivity index (χ2n) is 6.30. The first-order valence-electron chi connectivity index (χ1n) is 6.85. The monoisotopic (exact) mass is 336 g/mol. The Bertz CT molecular complexity index is 530. The summed E-state index contributed by atoms with van der Waals surface area (Å²) in [6, 6.07) is 8.54. The lowest BCUT2D eigenvalue weighted by atomic mass is 9.89. The Morgan fingerprint density at radius 3 is 2.60 bits per heavy atom. The van der Waals surface area contributed by atoms with Crippen LogP contribution in [0.5, 0.6) is 5.75 Å². The van der Waals surface area contributed by atoms with Crippen LogP contribution in [0.3, 0.4) is 0 Å². The quantitative estimate of drug-likeness (QED) is 0.824. The van der Waals surface area contributed by atoms with Crippen molar-refractivity contribution < 1.29 is 4.74 Å². The van der Waals surface area contributed by atoms with Gasteiger partial charge >= 0.3 is 0 Å². The average Bonchev–Trinajstić information content (AvgIpc) is 2.82. The van der Waals surface area contributed by atoms with E-state index in [1.807, 2.05) is 12.1 Å². The number of hydrogen-bond acceptors (Lipinski definition) is 3. The van der Waals surface area contributed by atoms with E-state index in [4.69, 9.17) is 4.74 Å². The molecule has 1 aliphatic heterocycles. The largest absolute Gasteiger partial charge is 0.496 e. The number of nitrogens with zero attached hydrogens (tertiary/aromatic N) is 2. The Hall–Kier alpha value is -1.05. The van der Waals surface area contributed by atoms with Crippen LogP contribution in [0.1, 0.15) is 32.3 Å². The molecular formula is C16H21BrN2O. The summed E-state index contributed by atoms with van der Waals surface area (Å²) in [5.41, 5.74) is 1.22. The minimum absolute atomic E-state index is 0.0179. The van der Waals surface area contributed by atoms with Crippen LogP contribution in [-0.2, 0) is 0 Å². The van der Waals surface area contributed by atoms with Gasteiger partial charge in [0.15, 0.2) is 0 Å². The molecule has 3 nitrogen and oxygen atoms in total. The van der Waals surface area contributed by atoms with Crippen molar-refractivity contribution in [2.75, 3.05) is 20.2 Å². The maximum Gasteiger partial charge on any atom is 0.123 e. The van der Waals surface area contributed by atoms with Crippen LogP contribution in [-0.4, -0.2) is 30.6 Å². The van der Waals surface area contributed by atoms with Crippen LogP contribution in [0.2, 0.25) is 0 Å². The van der Waals surface area contributed by atoms with E-state index in [1.165, 1.54) is 0 Å². The minimum atomic E-state index is 0.0179. The van der Waals surface area contributed by atoms with Gasteiger partial charge in [0.05, 0.1) is 19.1 Å². The number of likely N-dealkylation sites (tertiary alicyclic amines) is 1. The fourth-order valence-corrected chi connectivity index (χ4v) is 3.13. The fourth-order valence-electron chi connectivity index (χ4n) is 2.79. The van der Waals surface area contributed by atoms with Gasteiger partial charge in [0.25, 0.3) is 0 Å². The van der Waals surface area contributed by atoms with Gasteiger partial charge in [-0.05, 0) is 38.5 Å². The van der Waals surface area contributed by atoms with Gasteiger partial charge in [0.1, 0.15) is 5.75 Å². The summed E-state index contributed by atoms with van der Waals surface area (Å²) in [6.07, 6.45) is 0. The van der Waals surface area contributed by atoms with Crippen molar-refractivity contribution in [1.82, 2.24) is 4.90 Å². The third-order valence-electron chi connectivity index (χ3n) is 4.03. The highest BCUT2D eigenvalue weighted by molar-refractivity contribution is 9.10. The van der Waals surface area contributed by atoms with E-state index in [0.717, 1.165) is 28.9 Å². The minimum Gasteiger partial charge on any atom is -0.496 e. The predicted molar refractivity (Wildman–Crippen MR) is 83.9 cm³/mol. The molecule has 0 unspecified atom stereocenters. The molecule has 0 aliphatic carbocycles. The van der Waals surface area contributed by atoms with Gasteiger partial charge in [-0.15, -0.1) is 0 Å². The zero-order valence-electron chi connectivity index (χ0n) is 12.5. The van der Waals surface area contributed by atoms with Crippen molar-refractivity contribution >= 4 is 15.9 Å². The first kappa shape index (κ1) is 15.3. The van der Waals surface area contributed by atoms with E-state index in [0.29, 0.717) is 0 Å². The molecule has 1 fully saturated rings. The highest BCUT2D eigenvalue weighted by atomic mass is 79.9. The Kier molecular flexibility index (Phi) is 4.41. The lowest BCUT2D eigenvalue weighted by molar-refractivity contribution is 0.170. The standard InChI is InChI=1S/C16H21BrN2O/c1-16(2,3)19-9-11(8-18)14(10-19)13-6-5-12(17)7-15(13)20-4/h5-7,11,14H,9-10H2,1-4H3/t11-,14-/m0/s1. The zero-order valence-corrected chi connectivity index (χ0v) is 14.1. The molecule has 0 aromatic heterocycles. The van der Waals surface area contributed by atoms with E-state index < -0.39 is 0 Å². The Morgan fingerprint density at radius 2 is 2.05 bits per heavy atom. The Morgan fingerprint density at radius 1 is 1.35 bits per heavy atom. The number of methoxy groups -OCH3 is 1. The van der Waals surface area contributed by atoms with Gasteiger partial charge in [-0.25, -0.2) is 0 Å². The van der Waals surface area contributed by atoms with E-state index >= 15 is 0 Å². The lowest BCUT2D eigenvalue weighted by Gasteiger charge is -2.31. The van der Waals surface area contributed by atoms with Gasteiger partial charge in [-0.1, -0.05) is 22.0 Å². The van der Waals surface area contributed by atoms with Crippen LogP contribution in [0, 0.1) is 17.2 Å². The SMILES string of the molecule is COc1cc(Br)ccc1[C@H]1CN(C(C)(C)C)C[C@@H]1C#N. The van der Waals surface area contributed by atoms with Crippen LogP contribution >= 0.6 is 15.9 Å². The Balaban J connectivity index is 2.35. The first-order chi connectivity index (χ1) is 9.36. The number of benzene rings is 1. The molecule has 1 aliphatic rings.